The van der Waals surface area contributed by atoms with E-state index in [0.717, 1.165) is 19.4 Å². The number of likely N-dealkylation sites (tertiary alicyclic amines) is 1. The lowest BCUT2D eigenvalue weighted by atomic mass is 9.96. The Morgan fingerprint density at radius 3 is 2.68 bits per heavy atom. The first-order chi connectivity index (χ1) is 9.16. The number of carbonyl (C=O) groups excluding carboxylic acids is 1. The first kappa shape index (κ1) is 12.5. The Morgan fingerprint density at radius 2 is 2.05 bits per heavy atom. The van der Waals surface area contributed by atoms with Crippen LogP contribution in [0.15, 0.2) is 6.20 Å². The summed E-state index contributed by atoms with van der Waals surface area (Å²) in [5.41, 5.74) is 6.79. The quantitative estimate of drug-likeness (QED) is 0.884. The average Bonchev–Trinajstić information content (AvgIpc) is 3.06. The molecule has 0 spiro atoms. The summed E-state index contributed by atoms with van der Waals surface area (Å²) in [6, 6.07) is 0.413. The molecule has 19 heavy (non-hydrogen) atoms. The second-order valence-corrected chi connectivity index (χ2v) is 5.86. The lowest BCUT2D eigenvalue weighted by molar-refractivity contribution is 0.0683. The summed E-state index contributed by atoms with van der Waals surface area (Å²) in [5.74, 6) is 0.712. The minimum absolute atomic E-state index is 0.0208. The summed E-state index contributed by atoms with van der Waals surface area (Å²) in [6.07, 6.45) is 9.12. The van der Waals surface area contributed by atoms with Gasteiger partial charge in [0.2, 0.25) is 0 Å². The molecule has 1 aromatic heterocycles. The Morgan fingerprint density at radius 1 is 1.32 bits per heavy atom. The minimum Gasteiger partial charge on any atom is -0.396 e. The molecule has 0 radical (unpaired) electrons. The Hall–Kier alpha value is -1.52. The van der Waals surface area contributed by atoms with Crippen LogP contribution in [0.5, 0.6) is 0 Å². The Kier molecular flexibility index (Phi) is 3.21. The Labute approximate surface area is 113 Å². The highest BCUT2D eigenvalue weighted by atomic mass is 16.2. The van der Waals surface area contributed by atoms with Gasteiger partial charge in [0.1, 0.15) is 0 Å². The second-order valence-electron chi connectivity index (χ2n) is 5.86. The third-order valence-electron chi connectivity index (χ3n) is 4.56. The molecule has 0 aromatic carbocycles. The molecule has 1 unspecified atom stereocenters. The van der Waals surface area contributed by atoms with Crippen molar-refractivity contribution in [3.05, 3.63) is 11.9 Å². The van der Waals surface area contributed by atoms with Crippen LogP contribution in [-0.4, -0.2) is 33.2 Å². The molecule has 2 heterocycles. The molecule has 1 atom stereocenters. The zero-order chi connectivity index (χ0) is 13.4. The molecular formula is C14H22N4O. The molecule has 1 saturated carbocycles. The molecule has 5 nitrogen and oxygen atoms in total. The number of hydrogen-bond donors (Lipinski definition) is 1. The summed E-state index contributed by atoms with van der Waals surface area (Å²) >= 11 is 0. The molecule has 1 aliphatic heterocycles. The standard InChI is InChI=1S/C14H22N4O/c1-17-9-11(15)13(16-17)14(19)18-8-4-7-12(18)10-5-2-3-6-10/h9-10,12H,2-8,15H2,1H3. The van der Waals surface area contributed by atoms with Gasteiger partial charge in [-0.15, -0.1) is 0 Å². The van der Waals surface area contributed by atoms with Crippen molar-refractivity contribution in [1.29, 1.82) is 0 Å². The number of carbonyl (C=O) groups is 1. The summed E-state index contributed by atoms with van der Waals surface area (Å²) in [5, 5.41) is 4.22. The second kappa shape index (κ2) is 4.87. The zero-order valence-corrected chi connectivity index (χ0v) is 11.5. The van der Waals surface area contributed by atoms with E-state index in [0.29, 0.717) is 23.3 Å². The molecule has 0 bridgehead atoms. The molecular weight excluding hydrogens is 240 g/mol. The van der Waals surface area contributed by atoms with E-state index in [1.807, 2.05) is 4.90 Å². The van der Waals surface area contributed by atoms with Gasteiger partial charge in [-0.1, -0.05) is 12.8 Å². The van der Waals surface area contributed by atoms with Crippen molar-refractivity contribution >= 4 is 11.6 Å². The zero-order valence-electron chi connectivity index (χ0n) is 11.5. The van der Waals surface area contributed by atoms with Gasteiger partial charge in [-0.25, -0.2) is 0 Å². The van der Waals surface area contributed by atoms with Crippen molar-refractivity contribution in [2.75, 3.05) is 12.3 Å². The van der Waals surface area contributed by atoms with Gasteiger partial charge in [-0.3, -0.25) is 9.48 Å². The number of hydrogen-bond acceptors (Lipinski definition) is 3. The fraction of sp³-hybridized carbons (Fsp3) is 0.714. The van der Waals surface area contributed by atoms with E-state index < -0.39 is 0 Å². The smallest absolute Gasteiger partial charge is 0.276 e. The van der Waals surface area contributed by atoms with E-state index in [9.17, 15) is 4.79 Å². The van der Waals surface area contributed by atoms with Crippen molar-refractivity contribution in [1.82, 2.24) is 14.7 Å². The number of nitrogens with zero attached hydrogens (tertiary/aromatic N) is 3. The number of nitrogens with two attached hydrogens (primary N) is 1. The van der Waals surface area contributed by atoms with Crippen LogP contribution in [0.25, 0.3) is 0 Å². The van der Waals surface area contributed by atoms with Crippen LogP contribution in [0.4, 0.5) is 5.69 Å². The molecule has 1 aliphatic carbocycles. The highest BCUT2D eigenvalue weighted by molar-refractivity contribution is 5.97. The lowest BCUT2D eigenvalue weighted by Crippen LogP contribution is -2.39. The number of nitrogen functional groups attached to an aromatic ring is 1. The highest BCUT2D eigenvalue weighted by Crippen LogP contribution is 2.36. The van der Waals surface area contributed by atoms with Crippen LogP contribution in [-0.2, 0) is 7.05 Å². The van der Waals surface area contributed by atoms with Gasteiger partial charge in [-0.2, -0.15) is 5.10 Å². The van der Waals surface area contributed by atoms with E-state index in [1.165, 1.54) is 25.7 Å². The van der Waals surface area contributed by atoms with Crippen LogP contribution in [0.2, 0.25) is 0 Å². The summed E-state index contributed by atoms with van der Waals surface area (Å²) in [6.45, 7) is 0.857. The van der Waals surface area contributed by atoms with Crippen molar-refractivity contribution < 1.29 is 4.79 Å². The highest BCUT2D eigenvalue weighted by Gasteiger charge is 2.37. The maximum Gasteiger partial charge on any atom is 0.276 e. The predicted molar refractivity (Wildman–Crippen MR) is 73.6 cm³/mol. The number of rotatable bonds is 2. The Balaban J connectivity index is 1.80. The summed E-state index contributed by atoms with van der Waals surface area (Å²) in [7, 11) is 1.80. The van der Waals surface area contributed by atoms with Crippen LogP contribution in [0.3, 0.4) is 0 Å². The van der Waals surface area contributed by atoms with Crippen LogP contribution in [0.1, 0.15) is 49.0 Å². The average molecular weight is 262 g/mol. The molecule has 1 aromatic rings. The number of aryl methyl sites for hydroxylation is 1. The van der Waals surface area contributed by atoms with E-state index >= 15 is 0 Å². The van der Waals surface area contributed by atoms with Gasteiger partial charge in [0, 0.05) is 25.8 Å². The fourth-order valence-electron chi connectivity index (χ4n) is 3.69. The molecule has 104 valence electrons. The van der Waals surface area contributed by atoms with Crippen molar-refractivity contribution in [3.8, 4) is 0 Å². The Bertz CT molecular complexity index is 476. The molecule has 2 aliphatic rings. The van der Waals surface area contributed by atoms with E-state index in [4.69, 9.17) is 5.73 Å². The van der Waals surface area contributed by atoms with Crippen molar-refractivity contribution in [2.45, 2.75) is 44.6 Å². The molecule has 5 heteroatoms. The minimum atomic E-state index is 0.0208. The number of aromatic nitrogens is 2. The van der Waals surface area contributed by atoms with Gasteiger partial charge in [0.15, 0.2) is 5.69 Å². The van der Waals surface area contributed by atoms with Crippen LogP contribution < -0.4 is 5.73 Å². The summed E-state index contributed by atoms with van der Waals surface area (Å²) in [4.78, 5) is 14.6. The number of amides is 1. The van der Waals surface area contributed by atoms with E-state index in [2.05, 4.69) is 5.10 Å². The largest absolute Gasteiger partial charge is 0.396 e. The third-order valence-corrected chi connectivity index (χ3v) is 4.56. The van der Waals surface area contributed by atoms with E-state index in [-0.39, 0.29) is 5.91 Å². The fourth-order valence-corrected chi connectivity index (χ4v) is 3.69. The van der Waals surface area contributed by atoms with Gasteiger partial charge >= 0.3 is 0 Å². The predicted octanol–water partition coefficient (Wildman–Crippen LogP) is 1.80. The van der Waals surface area contributed by atoms with Gasteiger partial charge < -0.3 is 10.6 Å². The van der Waals surface area contributed by atoms with Crippen LogP contribution in [0, 0.1) is 5.92 Å². The van der Waals surface area contributed by atoms with Crippen molar-refractivity contribution in [3.63, 3.8) is 0 Å². The normalized spacial score (nSPS) is 24.3. The molecule has 3 rings (SSSR count). The molecule has 1 amide bonds. The summed E-state index contributed by atoms with van der Waals surface area (Å²) < 4.78 is 1.61. The van der Waals surface area contributed by atoms with Gasteiger partial charge in [0.25, 0.3) is 5.91 Å². The molecule has 2 N–H and O–H groups in total. The SMILES string of the molecule is Cn1cc(N)c(C(=O)N2CCCC2C2CCCC2)n1. The van der Waals surface area contributed by atoms with E-state index in [1.54, 1.807) is 17.9 Å². The van der Waals surface area contributed by atoms with Gasteiger partial charge in [-0.05, 0) is 31.6 Å². The monoisotopic (exact) mass is 262 g/mol. The first-order valence-electron chi connectivity index (χ1n) is 7.27. The van der Waals surface area contributed by atoms with Crippen LogP contribution >= 0.6 is 0 Å². The lowest BCUT2D eigenvalue weighted by Gasteiger charge is -2.29. The first-order valence-corrected chi connectivity index (χ1v) is 7.27. The van der Waals surface area contributed by atoms with Gasteiger partial charge in [0.05, 0.1) is 5.69 Å². The number of anilines is 1. The molecule has 2 fully saturated rings. The third kappa shape index (κ3) is 2.22. The topological polar surface area (TPSA) is 64.2 Å². The maximum atomic E-state index is 12.6. The maximum absolute atomic E-state index is 12.6. The molecule has 1 saturated heterocycles. The van der Waals surface area contributed by atoms with Crippen molar-refractivity contribution in [2.24, 2.45) is 13.0 Å².